The second-order valence-electron chi connectivity index (χ2n) is 10.5. The van der Waals surface area contributed by atoms with Gasteiger partial charge in [-0.1, -0.05) is 43.7 Å². The van der Waals surface area contributed by atoms with E-state index >= 15 is 0 Å². The Kier molecular flexibility index (Phi) is 10.1. The normalized spacial score (nSPS) is 22.5. The molecule has 2 aromatic rings. The Hall–Kier alpha value is -2.59. The summed E-state index contributed by atoms with van der Waals surface area (Å²) in [6.45, 7) is 1.84. The van der Waals surface area contributed by atoms with Gasteiger partial charge >= 0.3 is 0 Å². The second-order valence-corrected chi connectivity index (χ2v) is 11.3. The van der Waals surface area contributed by atoms with E-state index in [0.29, 0.717) is 28.5 Å². The lowest BCUT2D eigenvalue weighted by atomic mass is 9.92. The maximum atomic E-state index is 13.3. The van der Waals surface area contributed by atoms with E-state index < -0.39 is 12.1 Å². The van der Waals surface area contributed by atoms with Crippen LogP contribution in [0, 0.1) is 17.8 Å². The van der Waals surface area contributed by atoms with Crippen molar-refractivity contribution in [2.45, 2.75) is 68.5 Å². The van der Waals surface area contributed by atoms with Gasteiger partial charge in [0.05, 0.1) is 38.4 Å². The number of nitrogens with one attached hydrogen (secondary N) is 2. The van der Waals surface area contributed by atoms with E-state index in [1.54, 1.807) is 18.2 Å². The molecule has 2 saturated carbocycles. The smallest absolute Gasteiger partial charge is 0.251 e. The Balaban J connectivity index is 1.44. The van der Waals surface area contributed by atoms with Crippen molar-refractivity contribution in [3.8, 4) is 5.75 Å². The topological polar surface area (TPSA) is 106 Å². The molecule has 9 heteroatoms. The van der Waals surface area contributed by atoms with Crippen LogP contribution in [0.3, 0.4) is 0 Å². The summed E-state index contributed by atoms with van der Waals surface area (Å²) in [7, 11) is 2.92. The van der Waals surface area contributed by atoms with Gasteiger partial charge in [-0.05, 0) is 67.7 Å². The first-order chi connectivity index (χ1) is 18.4. The molecule has 0 aromatic heterocycles. The standard InChI is InChI=1S/C29H38N2O6S/c1-18(28(33)30-25-14-20-9-10-21(25)12-20)11-27(32)26(13-19-7-5-4-6-8-19)31-29(34)22-15-23(35-2)17-24(16-22)38-37-36-3/h4-8,15-18,20-21,25-27,32H,9-14H2,1-3H3,(H,30,33)(H,31,34)/t18-,20?,21?,25?,26+,27+/m1/s1. The molecule has 0 saturated heterocycles. The van der Waals surface area contributed by atoms with Crippen LogP contribution in [-0.2, 0) is 20.4 Å². The van der Waals surface area contributed by atoms with Gasteiger partial charge in [0.15, 0.2) is 0 Å². The van der Waals surface area contributed by atoms with Crippen LogP contribution in [0.5, 0.6) is 5.75 Å². The minimum atomic E-state index is -0.920. The number of aliphatic hydroxyl groups excluding tert-OH is 1. The fourth-order valence-electron chi connectivity index (χ4n) is 5.73. The van der Waals surface area contributed by atoms with E-state index in [1.807, 2.05) is 37.3 Å². The van der Waals surface area contributed by atoms with Crippen LogP contribution in [-0.4, -0.2) is 49.3 Å². The summed E-state index contributed by atoms with van der Waals surface area (Å²) in [5, 5.41) is 17.5. The molecule has 8 nitrogen and oxygen atoms in total. The molecule has 3 unspecified atom stereocenters. The van der Waals surface area contributed by atoms with Crippen LogP contribution < -0.4 is 15.4 Å². The highest BCUT2D eigenvalue weighted by atomic mass is 32.2. The quantitative estimate of drug-likeness (QED) is 0.197. The number of methoxy groups -OCH3 is 1. The average molecular weight is 543 g/mol. The first kappa shape index (κ1) is 28.4. The molecule has 2 fully saturated rings. The fourth-order valence-corrected chi connectivity index (χ4v) is 6.21. The highest BCUT2D eigenvalue weighted by Crippen LogP contribution is 2.44. The summed E-state index contributed by atoms with van der Waals surface area (Å²) < 4.78 is 10.3. The molecule has 206 valence electrons. The molecule has 2 bridgehead atoms. The Morgan fingerprint density at radius 2 is 1.89 bits per heavy atom. The molecule has 38 heavy (non-hydrogen) atoms. The van der Waals surface area contributed by atoms with Crippen LogP contribution >= 0.6 is 12.0 Å². The van der Waals surface area contributed by atoms with Crippen molar-refractivity contribution >= 4 is 23.9 Å². The van der Waals surface area contributed by atoms with Crippen LogP contribution in [0.4, 0.5) is 0 Å². The Morgan fingerprint density at radius 3 is 2.55 bits per heavy atom. The van der Waals surface area contributed by atoms with Crippen molar-refractivity contribution in [1.82, 2.24) is 10.6 Å². The molecule has 0 aliphatic heterocycles. The largest absolute Gasteiger partial charge is 0.497 e. The number of amides is 2. The maximum absolute atomic E-state index is 13.3. The molecule has 2 aliphatic rings. The lowest BCUT2D eigenvalue weighted by Gasteiger charge is -2.28. The number of rotatable bonds is 13. The molecule has 4 rings (SSSR count). The van der Waals surface area contributed by atoms with E-state index in [2.05, 4.69) is 15.5 Å². The first-order valence-corrected chi connectivity index (χ1v) is 14.0. The number of hydrogen-bond acceptors (Lipinski definition) is 7. The molecule has 2 aliphatic carbocycles. The van der Waals surface area contributed by atoms with Crippen molar-refractivity contribution in [3.05, 3.63) is 59.7 Å². The monoisotopic (exact) mass is 542 g/mol. The predicted octanol–water partition coefficient (Wildman–Crippen LogP) is 4.31. The third kappa shape index (κ3) is 7.50. The number of aliphatic hydroxyl groups is 1. The summed E-state index contributed by atoms with van der Waals surface area (Å²) in [5.74, 6) is 1.05. The van der Waals surface area contributed by atoms with Gasteiger partial charge in [0.25, 0.3) is 5.91 Å². The summed E-state index contributed by atoms with van der Waals surface area (Å²) >= 11 is 0.962. The molecule has 3 N–H and O–H groups in total. The maximum Gasteiger partial charge on any atom is 0.251 e. The van der Waals surface area contributed by atoms with E-state index in [4.69, 9.17) is 9.07 Å². The molecular formula is C29H38N2O6S. The minimum Gasteiger partial charge on any atom is -0.497 e. The van der Waals surface area contributed by atoms with Gasteiger partial charge in [-0.3, -0.25) is 9.59 Å². The number of carbonyl (C=O) groups is 2. The van der Waals surface area contributed by atoms with Crippen molar-refractivity contribution < 1.29 is 28.7 Å². The highest BCUT2D eigenvalue weighted by Gasteiger charge is 2.40. The van der Waals surface area contributed by atoms with Gasteiger partial charge in [0.2, 0.25) is 5.91 Å². The highest BCUT2D eigenvalue weighted by molar-refractivity contribution is 7.94. The fraction of sp³-hybridized carbons (Fsp3) is 0.517. The van der Waals surface area contributed by atoms with Crippen LogP contribution in [0.25, 0.3) is 0 Å². The molecule has 0 heterocycles. The first-order valence-electron chi connectivity index (χ1n) is 13.3. The third-order valence-electron chi connectivity index (χ3n) is 7.76. The second kappa shape index (κ2) is 13.5. The molecular weight excluding hydrogens is 504 g/mol. The summed E-state index contributed by atoms with van der Waals surface area (Å²) in [6.07, 6.45) is 4.50. The summed E-state index contributed by atoms with van der Waals surface area (Å²) in [6, 6.07) is 14.4. The number of hydrogen-bond donors (Lipinski definition) is 3. The van der Waals surface area contributed by atoms with E-state index in [9.17, 15) is 14.7 Å². The van der Waals surface area contributed by atoms with Gasteiger partial charge in [-0.15, -0.1) is 0 Å². The Labute approximate surface area is 228 Å². The van der Waals surface area contributed by atoms with Crippen LogP contribution in [0.2, 0.25) is 0 Å². The molecule has 0 spiro atoms. The van der Waals surface area contributed by atoms with Crippen molar-refractivity contribution in [2.75, 3.05) is 14.2 Å². The molecule has 6 atom stereocenters. The van der Waals surface area contributed by atoms with Gasteiger partial charge in [-0.2, -0.15) is 4.33 Å². The zero-order valence-electron chi connectivity index (χ0n) is 22.2. The Morgan fingerprint density at radius 1 is 1.11 bits per heavy atom. The minimum absolute atomic E-state index is 0.0287. The summed E-state index contributed by atoms with van der Waals surface area (Å²) in [5.41, 5.74) is 1.34. The van der Waals surface area contributed by atoms with Gasteiger partial charge < -0.3 is 20.5 Å². The summed E-state index contributed by atoms with van der Waals surface area (Å²) in [4.78, 5) is 31.6. The molecule has 2 aromatic carbocycles. The third-order valence-corrected chi connectivity index (χ3v) is 8.40. The number of fused-ring (bicyclic) bond motifs is 2. The van der Waals surface area contributed by atoms with Gasteiger partial charge in [-0.25, -0.2) is 4.89 Å². The number of ether oxygens (including phenoxy) is 1. The van der Waals surface area contributed by atoms with E-state index in [-0.39, 0.29) is 30.2 Å². The van der Waals surface area contributed by atoms with Crippen molar-refractivity contribution in [2.24, 2.45) is 17.8 Å². The number of carbonyl (C=O) groups excluding carboxylic acids is 2. The molecule has 0 radical (unpaired) electrons. The van der Waals surface area contributed by atoms with Crippen molar-refractivity contribution in [1.29, 1.82) is 0 Å². The van der Waals surface area contributed by atoms with Crippen molar-refractivity contribution in [3.63, 3.8) is 0 Å². The average Bonchev–Trinajstić information content (AvgIpc) is 3.55. The lowest BCUT2D eigenvalue weighted by molar-refractivity contribution is -0.160. The van der Waals surface area contributed by atoms with E-state index in [0.717, 1.165) is 29.9 Å². The van der Waals surface area contributed by atoms with Gasteiger partial charge in [0, 0.05) is 22.4 Å². The van der Waals surface area contributed by atoms with Crippen LogP contribution in [0.15, 0.2) is 53.4 Å². The van der Waals surface area contributed by atoms with E-state index in [1.165, 1.54) is 33.5 Å². The zero-order chi connectivity index (χ0) is 27.1. The SMILES string of the molecule is COOSc1cc(OC)cc(C(=O)N[C@@H](Cc2ccccc2)[C@@H](O)C[C@@H](C)C(=O)NC2CC3CCC2C3)c1. The lowest BCUT2D eigenvalue weighted by Crippen LogP contribution is -2.47. The van der Waals surface area contributed by atoms with Crippen LogP contribution in [0.1, 0.15) is 54.9 Å². The Bertz CT molecular complexity index is 1080. The molecule has 2 amide bonds. The zero-order valence-corrected chi connectivity index (χ0v) is 23.0. The predicted molar refractivity (Wildman–Crippen MR) is 146 cm³/mol. The van der Waals surface area contributed by atoms with Gasteiger partial charge in [0.1, 0.15) is 5.75 Å². The number of benzene rings is 2.